The molecule has 0 aliphatic carbocycles. The lowest BCUT2D eigenvalue weighted by atomic mass is 10.1. The number of rotatable bonds is 3. The van der Waals surface area contributed by atoms with Gasteiger partial charge in [0.1, 0.15) is 11.6 Å². The SMILES string of the molecule is N#C/C(=C\c1cnc2ccccc2n1)C(=O)c1cccs1. The Morgan fingerprint density at radius 2 is 2.00 bits per heavy atom. The van der Waals surface area contributed by atoms with E-state index in [4.69, 9.17) is 0 Å². The minimum absolute atomic E-state index is 0.0574. The summed E-state index contributed by atoms with van der Waals surface area (Å²) in [4.78, 5) is 21.4. The summed E-state index contributed by atoms with van der Waals surface area (Å²) < 4.78 is 0. The highest BCUT2D eigenvalue weighted by molar-refractivity contribution is 7.12. The van der Waals surface area contributed by atoms with Gasteiger partial charge in [-0.05, 0) is 29.7 Å². The zero-order valence-electron chi connectivity index (χ0n) is 10.9. The lowest BCUT2D eigenvalue weighted by Crippen LogP contribution is -1.99. The number of para-hydroxylation sites is 2. The van der Waals surface area contributed by atoms with Crippen LogP contribution in [0.4, 0.5) is 0 Å². The average Bonchev–Trinajstić information content (AvgIpc) is 3.06. The number of hydrogen-bond donors (Lipinski definition) is 0. The number of nitriles is 1. The van der Waals surface area contributed by atoms with Crippen LogP contribution in [-0.2, 0) is 0 Å². The maximum atomic E-state index is 12.2. The normalized spacial score (nSPS) is 11.3. The molecule has 5 heteroatoms. The first-order valence-corrected chi connectivity index (χ1v) is 7.07. The van der Waals surface area contributed by atoms with E-state index in [0.717, 1.165) is 11.0 Å². The molecule has 0 spiro atoms. The fourth-order valence-corrected chi connectivity index (χ4v) is 2.56. The number of carbonyl (C=O) groups excluding carboxylic acids is 1. The molecule has 0 saturated heterocycles. The van der Waals surface area contributed by atoms with Gasteiger partial charge in [-0.15, -0.1) is 11.3 Å². The number of Topliss-reactive ketones (excluding diaryl/α,β-unsaturated/α-hetero) is 1. The summed E-state index contributed by atoms with van der Waals surface area (Å²) in [5.41, 5.74) is 2.06. The van der Waals surface area contributed by atoms with Crippen LogP contribution in [0.1, 0.15) is 15.4 Å². The van der Waals surface area contributed by atoms with E-state index in [2.05, 4.69) is 9.97 Å². The van der Waals surface area contributed by atoms with Crippen LogP contribution >= 0.6 is 11.3 Å². The number of allylic oxidation sites excluding steroid dienone is 1. The second-order valence-corrected chi connectivity index (χ2v) is 5.21. The molecule has 0 unspecified atom stereocenters. The highest BCUT2D eigenvalue weighted by Crippen LogP contribution is 2.16. The van der Waals surface area contributed by atoms with Crippen molar-refractivity contribution in [2.24, 2.45) is 0 Å². The summed E-state index contributed by atoms with van der Waals surface area (Å²) >= 11 is 1.31. The van der Waals surface area contributed by atoms with Gasteiger partial charge in [0, 0.05) is 0 Å². The second kappa shape index (κ2) is 5.65. The first kappa shape index (κ1) is 13.2. The van der Waals surface area contributed by atoms with Crippen molar-refractivity contribution in [3.8, 4) is 6.07 Å². The Morgan fingerprint density at radius 3 is 2.71 bits per heavy atom. The summed E-state index contributed by atoms with van der Waals surface area (Å²) in [6.45, 7) is 0. The smallest absolute Gasteiger partial charge is 0.213 e. The van der Waals surface area contributed by atoms with Crippen LogP contribution in [0.2, 0.25) is 0 Å². The van der Waals surface area contributed by atoms with Gasteiger partial charge in [-0.1, -0.05) is 18.2 Å². The van der Waals surface area contributed by atoms with Crippen molar-refractivity contribution in [3.05, 3.63) is 64.1 Å². The van der Waals surface area contributed by atoms with Gasteiger partial charge in [0.15, 0.2) is 0 Å². The fourth-order valence-electron chi connectivity index (χ4n) is 1.88. The number of ketones is 1. The average molecular weight is 291 g/mol. The highest BCUT2D eigenvalue weighted by Gasteiger charge is 2.13. The lowest BCUT2D eigenvalue weighted by molar-refractivity contribution is 0.104. The van der Waals surface area contributed by atoms with Gasteiger partial charge in [0.2, 0.25) is 5.78 Å². The zero-order chi connectivity index (χ0) is 14.7. The van der Waals surface area contributed by atoms with Crippen molar-refractivity contribution in [2.45, 2.75) is 0 Å². The van der Waals surface area contributed by atoms with Crippen molar-refractivity contribution in [2.75, 3.05) is 0 Å². The molecule has 0 fully saturated rings. The van der Waals surface area contributed by atoms with Crippen molar-refractivity contribution in [1.82, 2.24) is 9.97 Å². The largest absolute Gasteiger partial charge is 0.287 e. The van der Waals surface area contributed by atoms with Crippen LogP contribution in [0.25, 0.3) is 17.1 Å². The molecule has 100 valence electrons. The first-order chi connectivity index (χ1) is 10.3. The van der Waals surface area contributed by atoms with Crippen LogP contribution in [0.15, 0.2) is 53.5 Å². The summed E-state index contributed by atoms with van der Waals surface area (Å²) in [6, 6.07) is 12.9. The molecule has 0 aliphatic rings. The molecule has 0 atom stereocenters. The Labute approximate surface area is 125 Å². The summed E-state index contributed by atoms with van der Waals surface area (Å²) in [5.74, 6) is -0.289. The molecule has 0 aliphatic heterocycles. The molecule has 4 nitrogen and oxygen atoms in total. The van der Waals surface area contributed by atoms with Crippen molar-refractivity contribution >= 4 is 34.2 Å². The first-order valence-electron chi connectivity index (χ1n) is 6.20. The summed E-state index contributed by atoms with van der Waals surface area (Å²) in [7, 11) is 0. The molecule has 2 aromatic heterocycles. The Morgan fingerprint density at radius 1 is 1.19 bits per heavy atom. The van der Waals surface area contributed by atoms with E-state index in [1.807, 2.05) is 30.3 Å². The number of benzene rings is 1. The predicted molar refractivity (Wildman–Crippen MR) is 81.8 cm³/mol. The van der Waals surface area contributed by atoms with E-state index in [-0.39, 0.29) is 11.4 Å². The number of carbonyl (C=O) groups is 1. The number of fused-ring (bicyclic) bond motifs is 1. The van der Waals surface area contributed by atoms with Gasteiger partial charge >= 0.3 is 0 Å². The maximum absolute atomic E-state index is 12.2. The van der Waals surface area contributed by atoms with E-state index >= 15 is 0 Å². The number of aromatic nitrogens is 2. The van der Waals surface area contributed by atoms with Crippen LogP contribution in [0.5, 0.6) is 0 Å². The van der Waals surface area contributed by atoms with E-state index < -0.39 is 0 Å². The van der Waals surface area contributed by atoms with E-state index in [0.29, 0.717) is 10.6 Å². The second-order valence-electron chi connectivity index (χ2n) is 4.26. The molecule has 2 heterocycles. The quantitative estimate of drug-likeness (QED) is 0.421. The standard InChI is InChI=1S/C16H9N3OS/c17-9-11(16(20)15-6-3-7-21-15)8-12-10-18-13-4-1-2-5-14(13)19-12/h1-8,10H/b11-8+. The molecule has 0 amide bonds. The third kappa shape index (κ3) is 2.71. The Kier molecular flexibility index (Phi) is 3.54. The van der Waals surface area contributed by atoms with Gasteiger partial charge in [0.25, 0.3) is 0 Å². The van der Waals surface area contributed by atoms with Crippen LogP contribution in [0.3, 0.4) is 0 Å². The molecule has 0 N–H and O–H groups in total. The third-order valence-electron chi connectivity index (χ3n) is 2.87. The molecule has 21 heavy (non-hydrogen) atoms. The molecular weight excluding hydrogens is 282 g/mol. The monoisotopic (exact) mass is 291 g/mol. The van der Waals surface area contributed by atoms with Crippen LogP contribution in [-0.4, -0.2) is 15.8 Å². The molecule has 3 aromatic rings. The fraction of sp³-hybridized carbons (Fsp3) is 0. The van der Waals surface area contributed by atoms with Crippen LogP contribution in [0, 0.1) is 11.3 Å². The summed E-state index contributed by atoms with van der Waals surface area (Å²) in [6.07, 6.45) is 3.03. The Bertz CT molecular complexity index is 876. The van der Waals surface area contributed by atoms with Gasteiger partial charge in [-0.25, -0.2) is 4.98 Å². The van der Waals surface area contributed by atoms with Crippen molar-refractivity contribution in [3.63, 3.8) is 0 Å². The van der Waals surface area contributed by atoms with Crippen LogP contribution < -0.4 is 0 Å². The number of nitrogens with zero attached hydrogens (tertiary/aromatic N) is 3. The van der Waals surface area contributed by atoms with Crippen molar-refractivity contribution in [1.29, 1.82) is 5.26 Å². The van der Waals surface area contributed by atoms with Gasteiger partial charge in [-0.2, -0.15) is 5.26 Å². The van der Waals surface area contributed by atoms with E-state index in [1.165, 1.54) is 17.4 Å². The zero-order valence-corrected chi connectivity index (χ0v) is 11.7. The molecule has 0 radical (unpaired) electrons. The Hall–Kier alpha value is -2.84. The van der Waals surface area contributed by atoms with Gasteiger partial charge < -0.3 is 0 Å². The minimum Gasteiger partial charge on any atom is -0.287 e. The van der Waals surface area contributed by atoms with E-state index in [9.17, 15) is 10.1 Å². The number of hydrogen-bond acceptors (Lipinski definition) is 5. The maximum Gasteiger partial charge on any atom is 0.213 e. The topological polar surface area (TPSA) is 66.6 Å². The highest BCUT2D eigenvalue weighted by atomic mass is 32.1. The van der Waals surface area contributed by atoms with Gasteiger partial charge in [-0.3, -0.25) is 9.78 Å². The van der Waals surface area contributed by atoms with Crippen molar-refractivity contribution < 1.29 is 4.79 Å². The molecular formula is C16H9N3OS. The molecule has 0 saturated carbocycles. The predicted octanol–water partition coefficient (Wildman–Crippen LogP) is 3.48. The molecule has 3 rings (SSSR count). The number of thiophene rings is 1. The van der Waals surface area contributed by atoms with Gasteiger partial charge in [0.05, 0.1) is 27.8 Å². The lowest BCUT2D eigenvalue weighted by Gasteiger charge is -1.99. The Balaban J connectivity index is 2.01. The minimum atomic E-state index is -0.289. The summed E-state index contributed by atoms with van der Waals surface area (Å²) in [5, 5.41) is 11.0. The molecule has 1 aromatic carbocycles. The van der Waals surface area contributed by atoms with E-state index in [1.54, 1.807) is 23.7 Å². The third-order valence-corrected chi connectivity index (χ3v) is 3.74. The molecule has 0 bridgehead atoms.